The van der Waals surface area contributed by atoms with Crippen LogP contribution in [0.3, 0.4) is 0 Å². The second-order valence-electron chi connectivity index (χ2n) is 34.3. The van der Waals surface area contributed by atoms with Crippen molar-refractivity contribution in [2.24, 2.45) is 33.1 Å². The predicted molar refractivity (Wildman–Crippen MR) is 572 cm³/mol. The lowest BCUT2D eigenvalue weighted by molar-refractivity contribution is -0.384. The van der Waals surface area contributed by atoms with Gasteiger partial charge < -0.3 is 120 Å². The Morgan fingerprint density at radius 2 is 0.662 bits per heavy atom. The van der Waals surface area contributed by atoms with Gasteiger partial charge in [0.05, 0.1) is 44.6 Å². The van der Waals surface area contributed by atoms with Gasteiger partial charge in [-0.05, 0) is 173 Å². The molecule has 0 bridgehead atoms. The van der Waals surface area contributed by atoms with Crippen molar-refractivity contribution in [1.29, 1.82) is 21.6 Å². The molecule has 142 heavy (non-hydrogen) atoms. The minimum atomic E-state index is -1.88. The summed E-state index contributed by atoms with van der Waals surface area (Å²) in [7, 11) is -2.32. The summed E-state index contributed by atoms with van der Waals surface area (Å²) in [6.45, 7) is 30.7. The average molecular weight is 2170 g/mol. The predicted octanol–water partition coefficient (Wildman–Crippen LogP) is 18.4. The number of amides is 4. The van der Waals surface area contributed by atoms with E-state index >= 15 is 0 Å². The number of carbonyl (C=O) groups is 4. The molecule has 0 radical (unpaired) electrons. The van der Waals surface area contributed by atoms with Crippen LogP contribution in [0.4, 0.5) is 34.1 Å². The van der Waals surface area contributed by atoms with E-state index in [1.807, 2.05) is 43.9 Å². The molecule has 36 nitrogen and oxygen atoms in total. The molecule has 4 aliphatic heterocycles. The molecule has 4 aliphatic carbocycles. The number of benzene rings is 6. The summed E-state index contributed by atoms with van der Waals surface area (Å²) in [4.78, 5) is 69.5. The fourth-order valence-corrected chi connectivity index (χ4v) is 14.4. The van der Waals surface area contributed by atoms with Gasteiger partial charge in [0.2, 0.25) is 34.3 Å². The Kier molecular flexibility index (Phi) is 59.0. The number of non-ortho nitro benzene ring substituents is 1. The lowest BCUT2D eigenvalue weighted by Crippen LogP contribution is -2.44. The molecule has 4 saturated heterocycles. The largest absolute Gasteiger partial charge is 0.633 e. The number of ether oxygens (including phenoxy) is 4. The number of nitrogens with zero attached hydrogens (tertiary/aromatic N) is 5. The molecular weight excluding hydrogens is 2030 g/mol. The number of anilines is 5. The monoisotopic (exact) mass is 2160 g/mol. The summed E-state index contributed by atoms with van der Waals surface area (Å²) in [5.74, 6) is -0.598. The molecule has 18 N–H and O–H groups in total. The van der Waals surface area contributed by atoms with Crippen LogP contribution < -0.4 is 59.7 Å². The molecule has 4 saturated carbocycles. The van der Waals surface area contributed by atoms with Gasteiger partial charge in [0.15, 0.2) is 0 Å². The fraction of sp³-hybridized carbons (Fsp3) is 0.458. The molecule has 778 valence electrons. The van der Waals surface area contributed by atoms with Gasteiger partial charge in [-0.2, -0.15) is 0 Å². The number of nitro groups is 1. The van der Waals surface area contributed by atoms with Crippen molar-refractivity contribution in [3.63, 3.8) is 0 Å². The Labute approximate surface area is 873 Å². The number of nitrogens with two attached hydrogens (primary N) is 3. The average Bonchev–Trinajstić information content (AvgIpc) is 1.47. The molecule has 0 spiro atoms. The number of allylic oxidation sites excluding steroid dienone is 4. The van der Waals surface area contributed by atoms with E-state index in [9.17, 15) is 43.0 Å². The van der Waals surface area contributed by atoms with Crippen LogP contribution >= 0.6 is 107 Å². The third-order valence-corrected chi connectivity index (χ3v) is 24.8. The van der Waals surface area contributed by atoms with Gasteiger partial charge in [0.1, 0.15) is 29.4 Å². The standard InChI is InChI=1S/4C19H25ClN4O2.C7H8N2O2.C7H10N2.C2H5ClO2P.2C2H5O2P.2ClH/c4*1-19(5-6-19)13-26-17(16(12-21)24-9-7-22-8-10-24)18(25)23-15-4-2-3-14(20)11-15;8-5-6-1-3-7(4-2-6)9(10)11;8-5-6-1-3-7(9)4-2-6;1-2-5-6(3)4;2*1-2-4-5-3;;/h4*2-4,11-12,21-22H,5-10,13H2,1H3,(H,23,25);1-4H,5,8H2;1-4H,5,8-9H2;2H2,1H3;2*2H2,1H3;2*1H/q;;;;;;+1;;;;/b4*17-16-,21-12?;;;;;;;. The highest BCUT2D eigenvalue weighted by atomic mass is 35.7. The second-order valence-corrected chi connectivity index (χ2v) is 38.4. The van der Waals surface area contributed by atoms with Crippen molar-refractivity contribution < 1.29 is 70.3 Å². The van der Waals surface area contributed by atoms with Crippen LogP contribution in [0.2, 0.25) is 20.1 Å². The van der Waals surface area contributed by atoms with Crippen molar-refractivity contribution in [2.75, 3.05) is 178 Å². The summed E-state index contributed by atoms with van der Waals surface area (Å²) in [6, 6.07) is 41.7. The van der Waals surface area contributed by atoms with Gasteiger partial charge in [-0.15, -0.1) is 29.3 Å². The molecule has 8 fully saturated rings. The summed E-state index contributed by atoms with van der Waals surface area (Å²) in [5.41, 5.74) is 24.1. The maximum absolute atomic E-state index is 12.9. The number of nitrogen functional groups attached to an aromatic ring is 1. The quantitative estimate of drug-likeness (QED) is 0.00328. The zero-order valence-corrected chi connectivity index (χ0v) is 89.1. The van der Waals surface area contributed by atoms with Gasteiger partial charge in [-0.25, -0.2) is 9.13 Å². The zero-order chi connectivity index (χ0) is 102. The number of rotatable bonds is 37. The van der Waals surface area contributed by atoms with Crippen LogP contribution in [0.1, 0.15) is 111 Å². The van der Waals surface area contributed by atoms with Crippen LogP contribution in [0.5, 0.6) is 0 Å². The van der Waals surface area contributed by atoms with E-state index in [4.69, 9.17) is 115 Å². The van der Waals surface area contributed by atoms with Crippen LogP contribution in [0, 0.1) is 53.4 Å². The minimum absolute atomic E-state index is 0. The molecule has 1 atom stereocenters. The topological polar surface area (TPSA) is 510 Å². The third kappa shape index (κ3) is 48.0. The number of nitrogens with one attached hydrogen (secondary N) is 12. The van der Waals surface area contributed by atoms with E-state index in [1.54, 1.807) is 130 Å². The summed E-state index contributed by atoms with van der Waals surface area (Å²) in [5, 5.41) is 68.3. The first-order valence-electron chi connectivity index (χ1n) is 45.9. The first-order valence-corrected chi connectivity index (χ1v) is 51.0. The summed E-state index contributed by atoms with van der Waals surface area (Å²) in [6.07, 6.45) is 13.7. The van der Waals surface area contributed by atoms with Gasteiger partial charge in [-0.1, -0.05) is 123 Å². The summed E-state index contributed by atoms with van der Waals surface area (Å²) < 4.78 is 65.0. The van der Waals surface area contributed by atoms with Crippen LogP contribution in [-0.4, -0.2) is 224 Å². The maximum Gasteiger partial charge on any atom is 0.633 e. The molecule has 8 aliphatic rings. The molecule has 46 heteroatoms. The number of piperazine rings is 4. The van der Waals surface area contributed by atoms with E-state index in [-0.39, 0.29) is 116 Å². The highest BCUT2D eigenvalue weighted by Gasteiger charge is 2.43. The minimum Gasteiger partial charge on any atom is -0.486 e. The van der Waals surface area contributed by atoms with E-state index in [0.29, 0.717) is 125 Å². The zero-order valence-electron chi connectivity index (χ0n) is 81.0. The molecule has 14 rings (SSSR count). The van der Waals surface area contributed by atoms with Crippen molar-refractivity contribution in [2.45, 2.75) is 113 Å². The first kappa shape index (κ1) is 125. The highest BCUT2D eigenvalue weighted by Crippen LogP contribution is 2.48. The third-order valence-electron chi connectivity index (χ3n) is 22.3. The Balaban J connectivity index is 0.000000352. The number of hydrogen-bond acceptors (Lipinski definition) is 31. The highest BCUT2D eigenvalue weighted by molar-refractivity contribution is 7.69. The van der Waals surface area contributed by atoms with E-state index in [0.717, 1.165) is 173 Å². The molecule has 6 aromatic rings. The van der Waals surface area contributed by atoms with Crippen molar-refractivity contribution in [3.8, 4) is 0 Å². The van der Waals surface area contributed by atoms with Gasteiger partial charge in [0, 0.05) is 225 Å². The lowest BCUT2D eigenvalue weighted by Gasteiger charge is -2.31. The number of nitro benzene ring substituents is 1. The summed E-state index contributed by atoms with van der Waals surface area (Å²) >= 11 is 28.9. The first-order chi connectivity index (χ1) is 67.2. The van der Waals surface area contributed by atoms with Gasteiger partial charge in [0.25, 0.3) is 29.3 Å². The van der Waals surface area contributed by atoms with Crippen molar-refractivity contribution in [3.05, 3.63) is 233 Å². The van der Waals surface area contributed by atoms with Crippen molar-refractivity contribution in [1.82, 2.24) is 40.9 Å². The van der Waals surface area contributed by atoms with Crippen LogP contribution in [-0.2, 0) is 78.5 Å². The Morgan fingerprint density at radius 1 is 0.430 bits per heavy atom. The Bertz CT molecular complexity index is 4640. The molecule has 4 heterocycles. The molecule has 6 aromatic carbocycles. The normalized spacial score (nSPS) is 16.6. The SMILES string of the molecule is CC1(CO/C(C(=O)Nc2cccc(Cl)c2)=C(/C=N)N2CCNCC2)CC1.CC1(CO/C(C(=O)Nc2cccc(Cl)c2)=C(/C=N)N2CCNCC2)CC1.CC1(CO/C(C(=O)Nc2cccc(Cl)c2)=C(/C=N)N2CCNCC2)CC1.CC1(CO/C(C(=O)Nc2cccc(Cl)c2)=C(/C=N)N2CCNCC2)CC1.CCOP=O.CCOP=O.CCO[P+](=O)Cl.Cl.Cl.NCc1ccc(N)cc1.NCc1ccc([N+](=O)[O-])cc1. The van der Waals surface area contributed by atoms with Crippen molar-refractivity contribution >= 4 is 190 Å². The number of hydrogen-bond donors (Lipinski definition) is 15. The van der Waals surface area contributed by atoms with Gasteiger partial charge in [-0.3, -0.25) is 38.3 Å². The molecule has 4 amide bonds. The van der Waals surface area contributed by atoms with E-state index in [1.165, 1.54) is 37.0 Å². The van der Waals surface area contributed by atoms with E-state index in [2.05, 4.69) is 83.8 Å². The number of halogens is 7. The molecule has 0 aromatic heterocycles. The number of carbonyl (C=O) groups excluding carboxylic acids is 4. The Hall–Kier alpha value is -9.59. The fourth-order valence-electron chi connectivity index (χ4n) is 12.9. The van der Waals surface area contributed by atoms with Crippen LogP contribution in [0.25, 0.3) is 0 Å². The second kappa shape index (κ2) is 67.2. The maximum atomic E-state index is 12.9. The van der Waals surface area contributed by atoms with Crippen LogP contribution in [0.15, 0.2) is 191 Å². The lowest BCUT2D eigenvalue weighted by atomic mass is 10.2. The Morgan fingerprint density at radius 3 is 0.824 bits per heavy atom. The molecule has 1 unspecified atom stereocenters. The van der Waals surface area contributed by atoms with E-state index < -0.39 is 12.3 Å². The van der Waals surface area contributed by atoms with Gasteiger partial charge >= 0.3 is 24.8 Å². The molecular formula is C96H135Cl7N20O16P3+. The smallest absolute Gasteiger partial charge is 0.486 e.